The molecule has 0 bridgehead atoms. The Morgan fingerprint density at radius 3 is 2.07 bits per heavy atom. The largest absolute Gasteiger partial charge is 0.384 e. The van der Waals surface area contributed by atoms with Crippen LogP contribution < -0.4 is 0 Å². The quantitative estimate of drug-likeness (QED) is 0.548. The summed E-state index contributed by atoms with van der Waals surface area (Å²) >= 11 is 0. The molecule has 84 valence electrons. The number of aliphatic hydroxyl groups is 1. The first-order valence-electron chi connectivity index (χ1n) is 5.23. The van der Waals surface area contributed by atoms with Gasteiger partial charge >= 0.3 is 0 Å². The number of aliphatic hydroxyl groups excluding tert-OH is 1. The second-order valence-corrected chi connectivity index (χ2v) is 3.93. The fraction of sp³-hybridized carbons (Fsp3) is 0.429. The van der Waals surface area contributed by atoms with Crippen molar-refractivity contribution in [2.24, 2.45) is 0 Å². The standard InChI is InChI=1S/C14H22O/c1-7-9-13(11(5)8-2)14(15)12(6)10(3)4/h7-9,14-15H,2H2,1,3-6H3/b9-7-,13-11+. The molecule has 0 aliphatic rings. The van der Waals surface area contributed by atoms with Crippen LogP contribution in [0, 0.1) is 0 Å². The highest BCUT2D eigenvalue weighted by Gasteiger charge is 2.12. The van der Waals surface area contributed by atoms with Gasteiger partial charge in [0.05, 0.1) is 0 Å². The van der Waals surface area contributed by atoms with E-state index >= 15 is 0 Å². The van der Waals surface area contributed by atoms with E-state index < -0.39 is 6.10 Å². The van der Waals surface area contributed by atoms with Crippen LogP contribution in [-0.4, -0.2) is 11.2 Å². The monoisotopic (exact) mass is 206 g/mol. The van der Waals surface area contributed by atoms with Gasteiger partial charge in [-0.3, -0.25) is 0 Å². The van der Waals surface area contributed by atoms with Crippen LogP contribution in [0.5, 0.6) is 0 Å². The highest BCUT2D eigenvalue weighted by molar-refractivity contribution is 5.39. The maximum absolute atomic E-state index is 10.2. The SMILES string of the molecule is C=C/C(C)=C(\C=C/C)C(O)C(C)=C(C)C. The normalized spacial score (nSPS) is 14.8. The fourth-order valence-electron chi connectivity index (χ4n) is 1.24. The van der Waals surface area contributed by atoms with E-state index in [0.29, 0.717) is 0 Å². The molecule has 0 heterocycles. The molecule has 0 rings (SSSR count). The molecular formula is C14H22O. The smallest absolute Gasteiger partial charge is 0.100 e. The van der Waals surface area contributed by atoms with Gasteiger partial charge < -0.3 is 5.11 Å². The van der Waals surface area contributed by atoms with Gasteiger partial charge in [0, 0.05) is 0 Å². The summed E-state index contributed by atoms with van der Waals surface area (Å²) in [4.78, 5) is 0. The molecule has 0 saturated heterocycles. The maximum Gasteiger partial charge on any atom is 0.100 e. The first-order chi connectivity index (χ1) is 6.95. The zero-order valence-corrected chi connectivity index (χ0v) is 10.5. The second-order valence-electron chi connectivity index (χ2n) is 3.93. The highest BCUT2D eigenvalue weighted by Crippen LogP contribution is 2.20. The van der Waals surface area contributed by atoms with Crippen LogP contribution in [0.15, 0.2) is 47.1 Å². The molecule has 0 aromatic carbocycles. The Morgan fingerprint density at radius 2 is 1.73 bits per heavy atom. The molecule has 0 aromatic heterocycles. The lowest BCUT2D eigenvalue weighted by Gasteiger charge is -2.16. The number of hydrogen-bond donors (Lipinski definition) is 1. The molecule has 0 fully saturated rings. The van der Waals surface area contributed by atoms with E-state index in [1.165, 1.54) is 0 Å². The number of allylic oxidation sites excluding steroid dienone is 4. The number of rotatable bonds is 4. The van der Waals surface area contributed by atoms with Crippen molar-refractivity contribution in [2.75, 3.05) is 0 Å². The van der Waals surface area contributed by atoms with Crippen molar-refractivity contribution in [1.82, 2.24) is 0 Å². The molecule has 0 spiro atoms. The lowest BCUT2D eigenvalue weighted by Crippen LogP contribution is -2.13. The van der Waals surface area contributed by atoms with Crippen molar-refractivity contribution < 1.29 is 5.11 Å². The Hall–Kier alpha value is -1.08. The lowest BCUT2D eigenvalue weighted by molar-refractivity contribution is 0.248. The van der Waals surface area contributed by atoms with Gasteiger partial charge in [0.1, 0.15) is 6.10 Å². The van der Waals surface area contributed by atoms with Gasteiger partial charge in [-0.2, -0.15) is 0 Å². The highest BCUT2D eigenvalue weighted by atomic mass is 16.3. The average molecular weight is 206 g/mol. The van der Waals surface area contributed by atoms with Gasteiger partial charge in [0.25, 0.3) is 0 Å². The van der Waals surface area contributed by atoms with E-state index in [0.717, 1.165) is 22.3 Å². The van der Waals surface area contributed by atoms with E-state index in [-0.39, 0.29) is 0 Å². The van der Waals surface area contributed by atoms with Crippen LogP contribution >= 0.6 is 0 Å². The van der Waals surface area contributed by atoms with Gasteiger partial charge in [-0.1, -0.05) is 30.4 Å². The van der Waals surface area contributed by atoms with Crippen molar-refractivity contribution in [1.29, 1.82) is 0 Å². The predicted octanol–water partition coefficient (Wildman–Crippen LogP) is 3.78. The molecular weight excluding hydrogens is 184 g/mol. The van der Waals surface area contributed by atoms with Gasteiger partial charge in [0.15, 0.2) is 0 Å². The summed E-state index contributed by atoms with van der Waals surface area (Å²) in [7, 11) is 0. The molecule has 1 heteroatoms. The first-order valence-corrected chi connectivity index (χ1v) is 5.23. The van der Waals surface area contributed by atoms with Gasteiger partial charge in [-0.25, -0.2) is 0 Å². The maximum atomic E-state index is 10.2. The zero-order chi connectivity index (χ0) is 12.0. The molecule has 1 unspecified atom stereocenters. The predicted molar refractivity (Wildman–Crippen MR) is 67.8 cm³/mol. The Morgan fingerprint density at radius 1 is 1.20 bits per heavy atom. The van der Waals surface area contributed by atoms with E-state index in [1.807, 2.05) is 46.8 Å². The molecule has 1 atom stereocenters. The summed E-state index contributed by atoms with van der Waals surface area (Å²) in [6, 6.07) is 0. The van der Waals surface area contributed by atoms with Crippen LogP contribution in [0.25, 0.3) is 0 Å². The summed E-state index contributed by atoms with van der Waals surface area (Å²) in [5.41, 5.74) is 4.10. The molecule has 0 amide bonds. The van der Waals surface area contributed by atoms with E-state index in [9.17, 15) is 5.11 Å². The van der Waals surface area contributed by atoms with E-state index in [4.69, 9.17) is 0 Å². The van der Waals surface area contributed by atoms with Crippen molar-refractivity contribution in [3.63, 3.8) is 0 Å². The van der Waals surface area contributed by atoms with Crippen LogP contribution in [0.1, 0.15) is 34.6 Å². The third kappa shape index (κ3) is 3.88. The minimum absolute atomic E-state index is 0.524. The molecule has 0 saturated carbocycles. The molecule has 1 N–H and O–H groups in total. The van der Waals surface area contributed by atoms with Crippen molar-refractivity contribution in [2.45, 2.75) is 40.7 Å². The average Bonchev–Trinajstić information content (AvgIpc) is 2.22. The van der Waals surface area contributed by atoms with E-state index in [2.05, 4.69) is 6.58 Å². The van der Waals surface area contributed by atoms with Crippen LogP contribution in [0.3, 0.4) is 0 Å². The third-order valence-corrected chi connectivity index (χ3v) is 2.60. The number of hydrogen-bond acceptors (Lipinski definition) is 1. The molecule has 0 aliphatic heterocycles. The van der Waals surface area contributed by atoms with Gasteiger partial charge in [-0.05, 0) is 51.3 Å². The zero-order valence-electron chi connectivity index (χ0n) is 10.5. The fourth-order valence-corrected chi connectivity index (χ4v) is 1.24. The summed E-state index contributed by atoms with van der Waals surface area (Å²) in [5, 5.41) is 10.2. The molecule has 0 aliphatic carbocycles. The Kier molecular flexibility index (Phi) is 5.95. The molecule has 15 heavy (non-hydrogen) atoms. The Balaban J connectivity index is 5.32. The second kappa shape index (κ2) is 6.41. The minimum Gasteiger partial charge on any atom is -0.384 e. The van der Waals surface area contributed by atoms with Gasteiger partial charge in [-0.15, -0.1) is 0 Å². The summed E-state index contributed by atoms with van der Waals surface area (Å²) < 4.78 is 0. The minimum atomic E-state index is -0.524. The topological polar surface area (TPSA) is 20.2 Å². The van der Waals surface area contributed by atoms with Crippen molar-refractivity contribution >= 4 is 0 Å². The van der Waals surface area contributed by atoms with Crippen LogP contribution in [-0.2, 0) is 0 Å². The molecule has 0 aromatic rings. The lowest BCUT2D eigenvalue weighted by atomic mass is 9.95. The molecule has 1 nitrogen and oxygen atoms in total. The summed E-state index contributed by atoms with van der Waals surface area (Å²) in [6.07, 6.45) is 5.12. The third-order valence-electron chi connectivity index (χ3n) is 2.60. The summed E-state index contributed by atoms with van der Waals surface area (Å²) in [5.74, 6) is 0. The van der Waals surface area contributed by atoms with E-state index in [1.54, 1.807) is 6.08 Å². The van der Waals surface area contributed by atoms with Crippen molar-refractivity contribution in [3.05, 3.63) is 47.1 Å². The molecule has 0 radical (unpaired) electrons. The van der Waals surface area contributed by atoms with Gasteiger partial charge in [0.2, 0.25) is 0 Å². The van der Waals surface area contributed by atoms with Crippen LogP contribution in [0.2, 0.25) is 0 Å². The first kappa shape index (κ1) is 13.9. The van der Waals surface area contributed by atoms with Crippen LogP contribution in [0.4, 0.5) is 0 Å². The Bertz CT molecular complexity index is 312. The van der Waals surface area contributed by atoms with Crippen molar-refractivity contribution in [3.8, 4) is 0 Å². The summed E-state index contributed by atoms with van der Waals surface area (Å²) in [6.45, 7) is 13.6. The Labute approximate surface area is 93.5 Å².